The lowest BCUT2D eigenvalue weighted by Gasteiger charge is -2.37. The highest BCUT2D eigenvalue weighted by molar-refractivity contribution is 5.34. The van der Waals surface area contributed by atoms with Crippen LogP contribution in [-0.2, 0) is 4.74 Å². The Balaban J connectivity index is 1.42. The largest absolute Gasteiger partial charge is 0.494 e. The topological polar surface area (TPSA) is 27.7 Å². The van der Waals surface area contributed by atoms with Gasteiger partial charge in [0, 0.05) is 0 Å². The first-order valence-corrected chi connectivity index (χ1v) is 10.4. The molecule has 1 aliphatic carbocycles. The van der Waals surface area contributed by atoms with Gasteiger partial charge < -0.3 is 14.2 Å². The highest BCUT2D eigenvalue weighted by Crippen LogP contribution is 2.38. The molecule has 0 spiro atoms. The summed E-state index contributed by atoms with van der Waals surface area (Å²) in [5, 5.41) is 0. The van der Waals surface area contributed by atoms with E-state index in [4.69, 9.17) is 14.2 Å². The SMILES string of the molecule is CCCC1CCC(C2CCC(COc3ccc(OC)c(F)c3F)CC2)CO1. The number of ether oxygens (including phenoxy) is 3. The third kappa shape index (κ3) is 5.13. The van der Waals surface area contributed by atoms with Gasteiger partial charge >= 0.3 is 0 Å². The van der Waals surface area contributed by atoms with Crippen molar-refractivity contribution in [2.75, 3.05) is 20.3 Å². The van der Waals surface area contributed by atoms with Crippen molar-refractivity contribution in [1.29, 1.82) is 0 Å². The van der Waals surface area contributed by atoms with Crippen molar-refractivity contribution in [2.45, 2.75) is 64.4 Å². The van der Waals surface area contributed by atoms with Crippen molar-refractivity contribution >= 4 is 0 Å². The second-order valence-corrected chi connectivity index (χ2v) is 8.07. The van der Waals surface area contributed by atoms with Crippen LogP contribution >= 0.6 is 0 Å². The first kappa shape index (κ1) is 20.4. The highest BCUT2D eigenvalue weighted by atomic mass is 19.2. The zero-order valence-corrected chi connectivity index (χ0v) is 16.5. The first-order chi connectivity index (χ1) is 13.1. The molecule has 0 N–H and O–H groups in total. The zero-order valence-electron chi connectivity index (χ0n) is 16.5. The number of halogens is 2. The summed E-state index contributed by atoms with van der Waals surface area (Å²) in [6.07, 6.45) is 9.85. The van der Waals surface area contributed by atoms with Crippen LogP contribution in [0.25, 0.3) is 0 Å². The van der Waals surface area contributed by atoms with E-state index in [1.54, 1.807) is 0 Å². The maximum Gasteiger partial charge on any atom is 0.204 e. The fourth-order valence-electron chi connectivity index (χ4n) is 4.56. The van der Waals surface area contributed by atoms with Gasteiger partial charge in [-0.05, 0) is 74.8 Å². The molecular formula is C22H32F2O3. The Morgan fingerprint density at radius 3 is 2.26 bits per heavy atom. The summed E-state index contributed by atoms with van der Waals surface area (Å²) < 4.78 is 44.2. The Bertz CT molecular complexity index is 591. The summed E-state index contributed by atoms with van der Waals surface area (Å²) in [5.74, 6) is -0.258. The molecule has 27 heavy (non-hydrogen) atoms. The van der Waals surface area contributed by atoms with E-state index in [-0.39, 0.29) is 11.5 Å². The third-order valence-corrected chi connectivity index (χ3v) is 6.28. The van der Waals surface area contributed by atoms with Crippen LogP contribution in [0.3, 0.4) is 0 Å². The zero-order chi connectivity index (χ0) is 19.2. The van der Waals surface area contributed by atoms with Gasteiger partial charge in [-0.3, -0.25) is 0 Å². The van der Waals surface area contributed by atoms with Crippen LogP contribution in [0.4, 0.5) is 8.78 Å². The Morgan fingerprint density at radius 1 is 0.963 bits per heavy atom. The van der Waals surface area contributed by atoms with E-state index in [0.717, 1.165) is 25.4 Å². The lowest BCUT2D eigenvalue weighted by atomic mass is 9.74. The van der Waals surface area contributed by atoms with Crippen LogP contribution in [0.15, 0.2) is 12.1 Å². The van der Waals surface area contributed by atoms with Crippen LogP contribution in [0.5, 0.6) is 11.5 Å². The van der Waals surface area contributed by atoms with Crippen molar-refractivity contribution in [1.82, 2.24) is 0 Å². The van der Waals surface area contributed by atoms with Crippen molar-refractivity contribution in [3.8, 4) is 11.5 Å². The van der Waals surface area contributed by atoms with E-state index in [0.29, 0.717) is 24.5 Å². The van der Waals surface area contributed by atoms with Gasteiger partial charge in [-0.2, -0.15) is 8.78 Å². The van der Waals surface area contributed by atoms with Crippen molar-refractivity contribution in [2.24, 2.45) is 17.8 Å². The van der Waals surface area contributed by atoms with Gasteiger partial charge in [-0.15, -0.1) is 0 Å². The minimum Gasteiger partial charge on any atom is -0.494 e. The first-order valence-electron chi connectivity index (χ1n) is 10.4. The number of hydrogen-bond acceptors (Lipinski definition) is 3. The minimum absolute atomic E-state index is 0.0296. The molecule has 2 aliphatic rings. The molecule has 0 radical (unpaired) electrons. The van der Waals surface area contributed by atoms with Crippen molar-refractivity contribution in [3.63, 3.8) is 0 Å². The van der Waals surface area contributed by atoms with Gasteiger partial charge in [-0.25, -0.2) is 0 Å². The second-order valence-electron chi connectivity index (χ2n) is 8.07. The molecule has 2 atom stereocenters. The maximum atomic E-state index is 14.0. The number of hydrogen-bond donors (Lipinski definition) is 0. The van der Waals surface area contributed by atoms with E-state index in [9.17, 15) is 8.78 Å². The van der Waals surface area contributed by atoms with E-state index in [1.165, 1.54) is 57.8 Å². The molecule has 2 fully saturated rings. The van der Waals surface area contributed by atoms with Crippen LogP contribution in [0.1, 0.15) is 58.3 Å². The lowest BCUT2D eigenvalue weighted by molar-refractivity contribution is -0.0428. The fraction of sp³-hybridized carbons (Fsp3) is 0.727. The Morgan fingerprint density at radius 2 is 1.63 bits per heavy atom. The van der Waals surface area contributed by atoms with Gasteiger partial charge in [-0.1, -0.05) is 13.3 Å². The van der Waals surface area contributed by atoms with Gasteiger partial charge in [0.25, 0.3) is 0 Å². The molecule has 152 valence electrons. The second kappa shape index (κ2) is 9.72. The monoisotopic (exact) mass is 382 g/mol. The fourth-order valence-corrected chi connectivity index (χ4v) is 4.56. The molecule has 0 aromatic heterocycles. The molecule has 1 saturated heterocycles. The molecule has 1 heterocycles. The number of methoxy groups -OCH3 is 1. The van der Waals surface area contributed by atoms with Crippen LogP contribution in [-0.4, -0.2) is 26.4 Å². The average molecular weight is 382 g/mol. The average Bonchev–Trinajstić information content (AvgIpc) is 2.70. The maximum absolute atomic E-state index is 14.0. The van der Waals surface area contributed by atoms with E-state index in [1.807, 2.05) is 0 Å². The summed E-state index contributed by atoms with van der Waals surface area (Å²) in [7, 11) is 1.32. The Labute approximate surface area is 161 Å². The molecule has 0 bridgehead atoms. The summed E-state index contributed by atoms with van der Waals surface area (Å²) >= 11 is 0. The molecule has 1 aliphatic heterocycles. The van der Waals surface area contributed by atoms with Gasteiger partial charge in [0.2, 0.25) is 11.6 Å². The third-order valence-electron chi connectivity index (χ3n) is 6.28. The molecule has 3 rings (SSSR count). The normalized spacial score (nSPS) is 28.7. The van der Waals surface area contributed by atoms with Crippen molar-refractivity contribution < 1.29 is 23.0 Å². The summed E-state index contributed by atoms with van der Waals surface area (Å²) in [6, 6.07) is 2.84. The van der Waals surface area contributed by atoms with Crippen LogP contribution < -0.4 is 9.47 Å². The molecule has 2 unspecified atom stereocenters. The van der Waals surface area contributed by atoms with Crippen LogP contribution in [0.2, 0.25) is 0 Å². The van der Waals surface area contributed by atoms with Gasteiger partial charge in [0.05, 0.1) is 26.4 Å². The van der Waals surface area contributed by atoms with Gasteiger partial charge in [0.1, 0.15) is 0 Å². The molecule has 0 amide bonds. The molecule has 5 heteroatoms. The predicted octanol–water partition coefficient (Wildman–Crippen LogP) is 5.75. The standard InChI is InChI=1S/C22H32F2O3/c1-3-4-18-10-9-17(14-26-18)16-7-5-15(6-8-16)13-27-20-12-11-19(25-2)21(23)22(20)24/h11-12,15-18H,3-10,13-14H2,1-2H3. The number of benzene rings is 1. The quantitative estimate of drug-likeness (QED) is 0.601. The predicted molar refractivity (Wildman–Crippen MR) is 101 cm³/mol. The molecule has 3 nitrogen and oxygen atoms in total. The Kier molecular flexibility index (Phi) is 7.33. The summed E-state index contributed by atoms with van der Waals surface area (Å²) in [6.45, 7) is 3.56. The Hall–Kier alpha value is -1.36. The van der Waals surface area contributed by atoms with E-state index in [2.05, 4.69) is 6.92 Å². The van der Waals surface area contributed by atoms with E-state index < -0.39 is 11.6 Å². The highest BCUT2D eigenvalue weighted by Gasteiger charge is 2.31. The van der Waals surface area contributed by atoms with Crippen molar-refractivity contribution in [3.05, 3.63) is 23.8 Å². The molecule has 1 aromatic carbocycles. The molecule has 1 saturated carbocycles. The lowest BCUT2D eigenvalue weighted by Crippen LogP contribution is -2.33. The summed E-state index contributed by atoms with van der Waals surface area (Å²) in [5.41, 5.74) is 0. The smallest absolute Gasteiger partial charge is 0.204 e. The van der Waals surface area contributed by atoms with Crippen LogP contribution in [0, 0.1) is 29.4 Å². The minimum atomic E-state index is -0.989. The molecular weight excluding hydrogens is 350 g/mol. The molecule has 1 aromatic rings. The van der Waals surface area contributed by atoms with Gasteiger partial charge in [0.15, 0.2) is 11.5 Å². The van der Waals surface area contributed by atoms with E-state index >= 15 is 0 Å². The summed E-state index contributed by atoms with van der Waals surface area (Å²) in [4.78, 5) is 0. The number of rotatable bonds is 7.